The Kier molecular flexibility index (Phi) is 3.74. The van der Waals surface area contributed by atoms with Crippen LogP contribution in [0.2, 0.25) is 0 Å². The topological polar surface area (TPSA) is 38.1 Å². The van der Waals surface area contributed by atoms with Gasteiger partial charge in [0.25, 0.3) is 0 Å². The first-order chi connectivity index (χ1) is 9.81. The molecule has 0 radical (unpaired) electrons. The molecule has 3 aromatic rings. The molecule has 0 saturated heterocycles. The summed E-state index contributed by atoms with van der Waals surface area (Å²) in [6, 6.07) is 20.1. The summed E-state index contributed by atoms with van der Waals surface area (Å²) in [4.78, 5) is 1.15. The number of nitrogens with zero attached hydrogens (tertiary/aromatic N) is 1. The highest BCUT2D eigenvalue weighted by Crippen LogP contribution is 2.25. The van der Waals surface area contributed by atoms with Gasteiger partial charge in [0, 0.05) is 16.5 Å². The maximum absolute atomic E-state index is 5.34. The van der Waals surface area contributed by atoms with Crippen molar-refractivity contribution in [1.29, 1.82) is 0 Å². The molecule has 0 amide bonds. The van der Waals surface area contributed by atoms with Gasteiger partial charge in [-0.25, -0.2) is 0 Å². The third kappa shape index (κ3) is 3.03. The smallest absolute Gasteiger partial charge is 0.180 e. The van der Waals surface area contributed by atoms with Crippen molar-refractivity contribution in [3.63, 3.8) is 0 Å². The molecule has 2 aromatic carbocycles. The number of anilines is 1. The van der Waals surface area contributed by atoms with E-state index >= 15 is 0 Å². The van der Waals surface area contributed by atoms with Crippen molar-refractivity contribution >= 4 is 17.8 Å². The normalized spacial score (nSPS) is 10.4. The summed E-state index contributed by atoms with van der Waals surface area (Å²) in [6.45, 7) is 2.08. The Morgan fingerprint density at radius 3 is 2.65 bits per heavy atom. The molecule has 20 heavy (non-hydrogen) atoms. The number of aryl methyl sites for hydroxylation is 1. The van der Waals surface area contributed by atoms with Gasteiger partial charge in [-0.05, 0) is 36.6 Å². The molecule has 0 aliphatic carbocycles. The van der Waals surface area contributed by atoms with Crippen LogP contribution in [0.3, 0.4) is 0 Å². The number of rotatable bonds is 4. The summed E-state index contributed by atoms with van der Waals surface area (Å²) in [7, 11) is 0. The summed E-state index contributed by atoms with van der Waals surface area (Å²) in [5.74, 6) is 1.48. The van der Waals surface area contributed by atoms with E-state index in [4.69, 9.17) is 4.52 Å². The lowest BCUT2D eigenvalue weighted by Crippen LogP contribution is -1.86. The summed E-state index contributed by atoms with van der Waals surface area (Å²) in [5.41, 5.74) is 2.26. The second kappa shape index (κ2) is 5.84. The molecule has 0 spiro atoms. The van der Waals surface area contributed by atoms with Gasteiger partial charge in [-0.1, -0.05) is 47.6 Å². The fraction of sp³-hybridized carbons (Fsp3) is 0.0625. The molecule has 0 bridgehead atoms. The zero-order chi connectivity index (χ0) is 13.8. The predicted octanol–water partition coefficient (Wildman–Crippen LogP) is 4.77. The van der Waals surface area contributed by atoms with Crippen LogP contribution in [0, 0.1) is 6.92 Å². The largest absolute Gasteiger partial charge is 0.354 e. The molecule has 1 aromatic heterocycles. The highest BCUT2D eigenvalue weighted by atomic mass is 32.2. The highest BCUT2D eigenvalue weighted by Gasteiger charge is 2.06. The van der Waals surface area contributed by atoms with E-state index in [9.17, 15) is 0 Å². The monoisotopic (exact) mass is 282 g/mol. The van der Waals surface area contributed by atoms with Gasteiger partial charge in [0.2, 0.25) is 0 Å². The van der Waals surface area contributed by atoms with Crippen molar-refractivity contribution in [2.75, 3.05) is 4.72 Å². The van der Waals surface area contributed by atoms with Crippen LogP contribution in [-0.4, -0.2) is 5.16 Å². The fourth-order valence-corrected chi connectivity index (χ4v) is 2.56. The van der Waals surface area contributed by atoms with Gasteiger partial charge in [-0.15, -0.1) is 0 Å². The average Bonchev–Trinajstić information content (AvgIpc) is 2.95. The third-order valence-electron chi connectivity index (χ3n) is 2.83. The van der Waals surface area contributed by atoms with Crippen LogP contribution >= 0.6 is 11.9 Å². The average molecular weight is 282 g/mol. The summed E-state index contributed by atoms with van der Waals surface area (Å²) >= 11 is 1.52. The van der Waals surface area contributed by atoms with Crippen molar-refractivity contribution in [2.45, 2.75) is 11.8 Å². The maximum Gasteiger partial charge on any atom is 0.180 e. The van der Waals surface area contributed by atoms with E-state index in [1.54, 1.807) is 0 Å². The maximum atomic E-state index is 5.34. The van der Waals surface area contributed by atoms with E-state index in [1.807, 2.05) is 42.5 Å². The minimum absolute atomic E-state index is 0.718. The molecular formula is C16H14N2OS. The predicted molar refractivity (Wildman–Crippen MR) is 82.6 cm³/mol. The highest BCUT2D eigenvalue weighted by molar-refractivity contribution is 8.00. The zero-order valence-corrected chi connectivity index (χ0v) is 11.9. The number of aromatic nitrogens is 1. The molecule has 0 fully saturated rings. The lowest BCUT2D eigenvalue weighted by atomic mass is 10.2. The van der Waals surface area contributed by atoms with E-state index in [1.165, 1.54) is 17.5 Å². The Labute approximate surface area is 122 Å². The minimum atomic E-state index is 0.718. The number of hydrogen-bond donors (Lipinski definition) is 1. The first-order valence-electron chi connectivity index (χ1n) is 6.33. The zero-order valence-electron chi connectivity index (χ0n) is 11.0. The van der Waals surface area contributed by atoms with Gasteiger partial charge in [-0.2, -0.15) is 0 Å². The molecule has 1 N–H and O–H groups in total. The van der Waals surface area contributed by atoms with Gasteiger partial charge < -0.3 is 9.25 Å². The number of hydrogen-bond acceptors (Lipinski definition) is 4. The van der Waals surface area contributed by atoms with E-state index < -0.39 is 0 Å². The van der Waals surface area contributed by atoms with E-state index in [-0.39, 0.29) is 0 Å². The molecule has 3 rings (SSSR count). The van der Waals surface area contributed by atoms with Gasteiger partial charge in [0.15, 0.2) is 11.6 Å². The standard InChI is InChI=1S/C16H14N2OS/c1-12-6-5-9-14(10-12)20-18-16-11-15(19-17-16)13-7-3-2-4-8-13/h2-11H,1H3,(H,17,18). The lowest BCUT2D eigenvalue weighted by molar-refractivity contribution is 0.436. The van der Waals surface area contributed by atoms with Crippen molar-refractivity contribution in [1.82, 2.24) is 5.16 Å². The molecule has 100 valence electrons. The Bertz CT molecular complexity index is 694. The third-order valence-corrected chi connectivity index (χ3v) is 3.63. The summed E-state index contributed by atoms with van der Waals surface area (Å²) < 4.78 is 8.53. The Morgan fingerprint density at radius 1 is 1.00 bits per heavy atom. The van der Waals surface area contributed by atoms with E-state index in [0.29, 0.717) is 0 Å². The molecule has 4 heteroatoms. The quantitative estimate of drug-likeness (QED) is 0.699. The molecule has 0 saturated carbocycles. The first kappa shape index (κ1) is 12.8. The molecular weight excluding hydrogens is 268 g/mol. The minimum Gasteiger partial charge on any atom is -0.354 e. The number of nitrogens with one attached hydrogen (secondary N) is 1. The Morgan fingerprint density at radius 2 is 1.85 bits per heavy atom. The number of benzene rings is 2. The van der Waals surface area contributed by atoms with Crippen LogP contribution in [0.4, 0.5) is 5.82 Å². The van der Waals surface area contributed by atoms with Crippen LogP contribution in [0.15, 0.2) is 70.1 Å². The summed E-state index contributed by atoms with van der Waals surface area (Å²) in [6.07, 6.45) is 0. The molecule has 1 heterocycles. The van der Waals surface area contributed by atoms with Crippen LogP contribution in [0.1, 0.15) is 5.56 Å². The van der Waals surface area contributed by atoms with E-state index in [0.717, 1.165) is 22.0 Å². The van der Waals surface area contributed by atoms with E-state index in [2.05, 4.69) is 35.0 Å². The summed E-state index contributed by atoms with van der Waals surface area (Å²) in [5, 5.41) is 4.02. The van der Waals surface area contributed by atoms with Crippen LogP contribution in [0.25, 0.3) is 11.3 Å². The molecule has 0 unspecified atom stereocenters. The van der Waals surface area contributed by atoms with Crippen molar-refractivity contribution in [2.24, 2.45) is 0 Å². The van der Waals surface area contributed by atoms with Gasteiger partial charge in [-0.3, -0.25) is 0 Å². The lowest BCUT2D eigenvalue weighted by Gasteiger charge is -2.01. The van der Waals surface area contributed by atoms with Gasteiger partial charge in [0.1, 0.15) is 0 Å². The van der Waals surface area contributed by atoms with Crippen molar-refractivity contribution in [3.05, 3.63) is 66.2 Å². The van der Waals surface area contributed by atoms with Crippen molar-refractivity contribution in [3.8, 4) is 11.3 Å². The fourth-order valence-electron chi connectivity index (χ4n) is 1.85. The van der Waals surface area contributed by atoms with Crippen LogP contribution < -0.4 is 4.72 Å². The molecule has 0 aliphatic rings. The van der Waals surface area contributed by atoms with Crippen LogP contribution in [0.5, 0.6) is 0 Å². The van der Waals surface area contributed by atoms with Gasteiger partial charge >= 0.3 is 0 Å². The van der Waals surface area contributed by atoms with Crippen molar-refractivity contribution < 1.29 is 4.52 Å². The molecule has 0 atom stereocenters. The second-order valence-corrected chi connectivity index (χ2v) is 5.34. The molecule has 0 aliphatic heterocycles. The second-order valence-electron chi connectivity index (χ2n) is 4.46. The first-order valence-corrected chi connectivity index (χ1v) is 7.14. The van der Waals surface area contributed by atoms with Gasteiger partial charge in [0.05, 0.1) is 0 Å². The molecule has 3 nitrogen and oxygen atoms in total. The van der Waals surface area contributed by atoms with Crippen LogP contribution in [-0.2, 0) is 0 Å². The SMILES string of the molecule is Cc1cccc(SNc2cc(-c3ccccc3)on2)c1. The Balaban J connectivity index is 1.69. The Hall–Kier alpha value is -2.20.